The molecule has 7 heteroatoms. The molecule has 200 valence electrons. The summed E-state index contributed by atoms with van der Waals surface area (Å²) in [6.07, 6.45) is 2.89. The summed E-state index contributed by atoms with van der Waals surface area (Å²) >= 11 is 0. The molecule has 40 heavy (non-hydrogen) atoms. The van der Waals surface area contributed by atoms with Crippen molar-refractivity contribution in [1.29, 1.82) is 0 Å². The van der Waals surface area contributed by atoms with E-state index in [2.05, 4.69) is 36.4 Å². The maximum Gasteiger partial charge on any atom is 0.416 e. The summed E-state index contributed by atoms with van der Waals surface area (Å²) in [5, 5.41) is 9.57. The maximum atomic E-state index is 13.1. The van der Waals surface area contributed by atoms with Gasteiger partial charge in [0, 0.05) is 12.7 Å². The van der Waals surface area contributed by atoms with Crippen LogP contribution in [0.3, 0.4) is 0 Å². The first-order valence-corrected chi connectivity index (χ1v) is 13.0. The van der Waals surface area contributed by atoms with Gasteiger partial charge < -0.3 is 14.4 Å². The second-order valence-electron chi connectivity index (χ2n) is 9.23. The van der Waals surface area contributed by atoms with Gasteiger partial charge in [0.2, 0.25) is 0 Å². The van der Waals surface area contributed by atoms with E-state index >= 15 is 0 Å². The molecule has 7 nitrogen and oxygen atoms in total. The maximum absolute atomic E-state index is 13.1. The van der Waals surface area contributed by atoms with Crippen LogP contribution in [0.5, 0.6) is 0 Å². The zero-order chi connectivity index (χ0) is 28.0. The van der Waals surface area contributed by atoms with E-state index in [1.807, 2.05) is 60.8 Å². The van der Waals surface area contributed by atoms with Crippen LogP contribution < -0.4 is 4.90 Å². The summed E-state index contributed by atoms with van der Waals surface area (Å²) in [6.45, 7) is 1.92. The Kier molecular flexibility index (Phi) is 7.73. The molecule has 0 unspecified atom stereocenters. The first-order valence-electron chi connectivity index (χ1n) is 13.0. The van der Waals surface area contributed by atoms with Gasteiger partial charge >= 0.3 is 12.1 Å². The van der Waals surface area contributed by atoms with Crippen molar-refractivity contribution in [2.24, 2.45) is 0 Å². The van der Waals surface area contributed by atoms with Crippen molar-refractivity contribution in [2.45, 2.75) is 19.1 Å². The van der Waals surface area contributed by atoms with Gasteiger partial charge in [-0.05, 0) is 35.7 Å². The second-order valence-corrected chi connectivity index (χ2v) is 9.23. The number of anilines is 1. The lowest BCUT2D eigenvalue weighted by Gasteiger charge is -2.34. The molecule has 0 bridgehead atoms. The smallest absolute Gasteiger partial charge is 0.416 e. The standard InChI is InChI=1S/C33H29N3O4/c1-2-36(29-21-13-12-20-28(29)31(37)38)32(39)40-24-35-22-30(34-23-35)33(25-14-6-3-7-15-25,26-16-8-4-9-17-26)27-18-10-5-11-19-27/h3-23H,2,24H2,1H3,(H,37,38). The summed E-state index contributed by atoms with van der Waals surface area (Å²) < 4.78 is 7.35. The van der Waals surface area contributed by atoms with Crippen molar-refractivity contribution in [1.82, 2.24) is 9.55 Å². The third-order valence-corrected chi connectivity index (χ3v) is 6.94. The lowest BCUT2D eigenvalue weighted by atomic mass is 9.67. The van der Waals surface area contributed by atoms with E-state index in [4.69, 9.17) is 9.72 Å². The molecule has 0 aliphatic heterocycles. The molecule has 5 aromatic rings. The minimum absolute atomic E-state index is 0.0320. The van der Waals surface area contributed by atoms with Crippen LogP contribution in [0.15, 0.2) is 128 Å². The zero-order valence-corrected chi connectivity index (χ0v) is 22.1. The number of carbonyl (C=O) groups excluding carboxylic acids is 1. The topological polar surface area (TPSA) is 84.7 Å². The molecular formula is C33H29N3O4. The van der Waals surface area contributed by atoms with E-state index in [0.717, 1.165) is 22.4 Å². The summed E-state index contributed by atoms with van der Waals surface area (Å²) in [6, 6.07) is 37.0. The van der Waals surface area contributed by atoms with Crippen LogP contribution in [0, 0.1) is 0 Å². The van der Waals surface area contributed by atoms with Gasteiger partial charge in [0.15, 0.2) is 6.73 Å². The number of imidazole rings is 1. The number of hydrogen-bond acceptors (Lipinski definition) is 4. The summed E-state index contributed by atoms with van der Waals surface area (Å²) in [7, 11) is 0. The van der Waals surface area contributed by atoms with E-state index in [1.165, 1.54) is 11.0 Å². The first-order chi connectivity index (χ1) is 19.6. The Hall–Kier alpha value is -5.17. The van der Waals surface area contributed by atoms with Crippen LogP contribution in [0.4, 0.5) is 10.5 Å². The quantitative estimate of drug-likeness (QED) is 0.217. The Morgan fingerprint density at radius 1 is 0.800 bits per heavy atom. The normalized spacial score (nSPS) is 11.1. The van der Waals surface area contributed by atoms with Gasteiger partial charge in [0.1, 0.15) is 0 Å². The first kappa shape index (κ1) is 26.4. The van der Waals surface area contributed by atoms with Crippen LogP contribution >= 0.6 is 0 Å². The van der Waals surface area contributed by atoms with Crippen molar-refractivity contribution in [3.63, 3.8) is 0 Å². The van der Waals surface area contributed by atoms with Gasteiger partial charge in [-0.3, -0.25) is 4.90 Å². The predicted octanol–water partition coefficient (Wildman–Crippen LogP) is 6.58. The van der Waals surface area contributed by atoms with Crippen LogP contribution in [-0.2, 0) is 16.9 Å². The largest absolute Gasteiger partial charge is 0.478 e. The van der Waals surface area contributed by atoms with Crippen LogP contribution in [-0.4, -0.2) is 33.3 Å². The van der Waals surface area contributed by atoms with E-state index in [1.54, 1.807) is 36.0 Å². The van der Waals surface area contributed by atoms with Crippen LogP contribution in [0.2, 0.25) is 0 Å². The highest BCUT2D eigenvalue weighted by atomic mass is 16.6. The minimum atomic E-state index is -1.11. The third kappa shape index (κ3) is 4.97. The van der Waals surface area contributed by atoms with Crippen molar-refractivity contribution < 1.29 is 19.4 Å². The molecule has 4 aromatic carbocycles. The van der Waals surface area contributed by atoms with E-state index in [9.17, 15) is 14.7 Å². The second kappa shape index (κ2) is 11.7. The highest BCUT2D eigenvalue weighted by molar-refractivity contribution is 5.99. The van der Waals surface area contributed by atoms with E-state index < -0.39 is 17.5 Å². The number of amides is 1. The highest BCUT2D eigenvalue weighted by Crippen LogP contribution is 2.44. The molecule has 0 saturated heterocycles. The Bertz CT molecular complexity index is 1490. The summed E-state index contributed by atoms with van der Waals surface area (Å²) in [5.41, 5.74) is 3.53. The van der Waals surface area contributed by atoms with Gasteiger partial charge in [0.25, 0.3) is 0 Å². The molecule has 1 heterocycles. The molecule has 0 spiro atoms. The predicted molar refractivity (Wildman–Crippen MR) is 153 cm³/mol. The number of carbonyl (C=O) groups is 2. The summed E-state index contributed by atoms with van der Waals surface area (Å²) in [5.74, 6) is -1.11. The molecule has 1 aromatic heterocycles. The van der Waals surface area contributed by atoms with E-state index in [-0.39, 0.29) is 24.5 Å². The average molecular weight is 532 g/mol. The fraction of sp³-hybridized carbons (Fsp3) is 0.121. The van der Waals surface area contributed by atoms with Gasteiger partial charge in [0.05, 0.1) is 28.7 Å². The Morgan fingerprint density at radius 3 is 1.80 bits per heavy atom. The molecule has 0 atom stereocenters. The van der Waals surface area contributed by atoms with Gasteiger partial charge in [-0.2, -0.15) is 0 Å². The van der Waals surface area contributed by atoms with Crippen LogP contribution in [0.1, 0.15) is 39.7 Å². The minimum Gasteiger partial charge on any atom is -0.478 e. The molecule has 0 fully saturated rings. The van der Waals surface area contributed by atoms with Gasteiger partial charge in [-0.1, -0.05) is 103 Å². The van der Waals surface area contributed by atoms with Crippen molar-refractivity contribution in [2.75, 3.05) is 11.4 Å². The number of carboxylic acids is 1. The molecule has 5 rings (SSSR count). The third-order valence-electron chi connectivity index (χ3n) is 6.94. The Morgan fingerprint density at radius 2 is 1.30 bits per heavy atom. The fourth-order valence-corrected chi connectivity index (χ4v) is 5.13. The molecule has 1 amide bonds. The van der Waals surface area contributed by atoms with Gasteiger partial charge in [-0.15, -0.1) is 0 Å². The molecule has 1 N–H and O–H groups in total. The average Bonchev–Trinajstić information content (AvgIpc) is 3.48. The van der Waals surface area contributed by atoms with Gasteiger partial charge in [-0.25, -0.2) is 14.6 Å². The Labute approximate surface area is 232 Å². The van der Waals surface area contributed by atoms with Crippen LogP contribution in [0.25, 0.3) is 0 Å². The van der Waals surface area contributed by atoms with Crippen molar-refractivity contribution in [3.05, 3.63) is 156 Å². The van der Waals surface area contributed by atoms with Crippen molar-refractivity contribution in [3.8, 4) is 0 Å². The lowest BCUT2D eigenvalue weighted by molar-refractivity contribution is 0.0697. The lowest BCUT2D eigenvalue weighted by Crippen LogP contribution is -2.33. The number of aromatic carboxylic acids is 1. The highest BCUT2D eigenvalue weighted by Gasteiger charge is 2.40. The number of ether oxygens (including phenoxy) is 1. The zero-order valence-electron chi connectivity index (χ0n) is 22.1. The molecule has 0 saturated carbocycles. The molecular weight excluding hydrogens is 502 g/mol. The number of carboxylic acid groups (broad SMARTS) is 1. The Balaban J connectivity index is 1.50. The summed E-state index contributed by atoms with van der Waals surface area (Å²) in [4.78, 5) is 30.9. The number of benzene rings is 4. The molecule has 0 aliphatic carbocycles. The monoisotopic (exact) mass is 531 g/mol. The molecule has 0 aliphatic rings. The SMILES string of the molecule is CCN(C(=O)OCn1cnc(C(c2ccccc2)(c2ccccc2)c2ccccc2)c1)c1ccccc1C(=O)O. The number of para-hydroxylation sites is 1. The number of nitrogens with zero attached hydrogens (tertiary/aromatic N) is 3. The molecule has 0 radical (unpaired) electrons. The number of aromatic nitrogens is 2. The van der Waals surface area contributed by atoms with E-state index in [0.29, 0.717) is 0 Å². The fourth-order valence-electron chi connectivity index (χ4n) is 5.13. The van der Waals surface area contributed by atoms with Crippen molar-refractivity contribution >= 4 is 17.7 Å². The number of rotatable bonds is 9. The number of hydrogen-bond donors (Lipinski definition) is 1.